The highest BCUT2D eigenvalue weighted by atomic mass is 35.5. The number of hydrogen-bond acceptors (Lipinski definition) is 4. The summed E-state index contributed by atoms with van der Waals surface area (Å²) < 4.78 is 4.93. The van der Waals surface area contributed by atoms with Gasteiger partial charge in [0.1, 0.15) is 5.38 Å². The molecule has 1 unspecified atom stereocenters. The van der Waals surface area contributed by atoms with Crippen LogP contribution in [0.1, 0.15) is 16.1 Å². The fourth-order valence-corrected chi connectivity index (χ4v) is 2.27. The van der Waals surface area contributed by atoms with E-state index < -0.39 is 11.3 Å². The minimum absolute atomic E-state index is 0.133. The zero-order valence-corrected chi connectivity index (χ0v) is 10.2. The number of carbonyl (C=O) groups excluding carboxylic acids is 2. The standard InChI is InChI=1S/C9H8Cl2O3S/c1-14-8(12)4-5(10)9(13)6-2-3-7(11)15-6/h2-3,5H,4H2,1H3. The van der Waals surface area contributed by atoms with Crippen molar-refractivity contribution < 1.29 is 14.3 Å². The summed E-state index contributed by atoms with van der Waals surface area (Å²) in [5.74, 6) is -0.815. The first-order chi connectivity index (χ1) is 7.04. The van der Waals surface area contributed by atoms with Crippen LogP contribution in [0.2, 0.25) is 4.34 Å². The molecule has 1 rings (SSSR count). The molecule has 0 aromatic carbocycles. The van der Waals surface area contributed by atoms with Gasteiger partial charge in [-0.25, -0.2) is 0 Å². The van der Waals surface area contributed by atoms with Crippen LogP contribution in [-0.4, -0.2) is 24.2 Å². The molecular weight excluding hydrogens is 259 g/mol. The Morgan fingerprint density at radius 2 is 2.20 bits per heavy atom. The summed E-state index contributed by atoms with van der Waals surface area (Å²) in [4.78, 5) is 23.0. The number of rotatable bonds is 4. The second-order valence-electron chi connectivity index (χ2n) is 2.72. The summed E-state index contributed by atoms with van der Waals surface area (Å²) >= 11 is 12.6. The van der Waals surface area contributed by atoms with Crippen LogP contribution in [-0.2, 0) is 9.53 Å². The molecule has 0 aliphatic rings. The van der Waals surface area contributed by atoms with Crippen LogP contribution in [0.15, 0.2) is 12.1 Å². The lowest BCUT2D eigenvalue weighted by molar-refractivity contribution is -0.140. The molecule has 0 saturated heterocycles. The third kappa shape index (κ3) is 3.48. The highest BCUT2D eigenvalue weighted by molar-refractivity contribution is 7.18. The number of esters is 1. The van der Waals surface area contributed by atoms with Crippen molar-refractivity contribution in [3.8, 4) is 0 Å². The molecule has 0 bridgehead atoms. The molecule has 0 spiro atoms. The molecule has 0 saturated carbocycles. The van der Waals surface area contributed by atoms with E-state index in [2.05, 4.69) is 4.74 Å². The van der Waals surface area contributed by atoms with Crippen molar-refractivity contribution >= 4 is 46.3 Å². The Morgan fingerprint density at radius 1 is 1.53 bits per heavy atom. The molecular formula is C9H8Cl2O3S. The van der Waals surface area contributed by atoms with Crippen molar-refractivity contribution in [1.29, 1.82) is 0 Å². The predicted octanol–water partition coefficient (Wildman–Crippen LogP) is 2.75. The van der Waals surface area contributed by atoms with Crippen molar-refractivity contribution in [2.75, 3.05) is 7.11 Å². The largest absolute Gasteiger partial charge is 0.469 e. The lowest BCUT2D eigenvalue weighted by Gasteiger charge is -2.04. The third-order valence-electron chi connectivity index (χ3n) is 1.67. The Labute approximate surface area is 101 Å². The highest BCUT2D eigenvalue weighted by Crippen LogP contribution is 2.24. The molecule has 82 valence electrons. The van der Waals surface area contributed by atoms with Crippen molar-refractivity contribution in [2.45, 2.75) is 11.8 Å². The second-order valence-corrected chi connectivity index (χ2v) is 4.96. The van der Waals surface area contributed by atoms with Gasteiger partial charge in [-0.2, -0.15) is 0 Å². The molecule has 15 heavy (non-hydrogen) atoms. The first-order valence-electron chi connectivity index (χ1n) is 4.05. The Kier molecular flexibility index (Phi) is 4.57. The summed E-state index contributed by atoms with van der Waals surface area (Å²) in [6.07, 6.45) is -0.133. The molecule has 0 amide bonds. The number of methoxy groups -OCH3 is 1. The maximum absolute atomic E-state index is 11.6. The van der Waals surface area contributed by atoms with Gasteiger partial charge in [-0.3, -0.25) is 9.59 Å². The van der Waals surface area contributed by atoms with E-state index >= 15 is 0 Å². The molecule has 3 nitrogen and oxygen atoms in total. The molecule has 0 N–H and O–H groups in total. The van der Waals surface area contributed by atoms with Gasteiger partial charge in [-0.1, -0.05) is 11.6 Å². The van der Waals surface area contributed by atoms with Gasteiger partial charge < -0.3 is 4.74 Å². The minimum Gasteiger partial charge on any atom is -0.469 e. The van der Waals surface area contributed by atoms with E-state index in [4.69, 9.17) is 23.2 Å². The van der Waals surface area contributed by atoms with Gasteiger partial charge in [0.25, 0.3) is 0 Å². The SMILES string of the molecule is COC(=O)CC(Cl)C(=O)c1ccc(Cl)s1. The van der Waals surface area contributed by atoms with Crippen LogP contribution in [0.3, 0.4) is 0 Å². The Balaban J connectivity index is 2.64. The van der Waals surface area contributed by atoms with Crippen LogP contribution in [0.25, 0.3) is 0 Å². The van der Waals surface area contributed by atoms with E-state index in [1.807, 2.05) is 0 Å². The minimum atomic E-state index is -0.896. The monoisotopic (exact) mass is 266 g/mol. The van der Waals surface area contributed by atoms with Gasteiger partial charge in [-0.05, 0) is 12.1 Å². The van der Waals surface area contributed by atoms with Gasteiger partial charge in [0, 0.05) is 0 Å². The fourth-order valence-electron chi connectivity index (χ4n) is 0.923. The van der Waals surface area contributed by atoms with E-state index in [0.717, 1.165) is 11.3 Å². The zero-order chi connectivity index (χ0) is 11.4. The lowest BCUT2D eigenvalue weighted by atomic mass is 10.2. The Morgan fingerprint density at radius 3 is 2.67 bits per heavy atom. The smallest absolute Gasteiger partial charge is 0.307 e. The van der Waals surface area contributed by atoms with Crippen LogP contribution in [0, 0.1) is 0 Å². The molecule has 1 aromatic rings. The molecule has 0 radical (unpaired) electrons. The summed E-state index contributed by atoms with van der Waals surface area (Å²) in [7, 11) is 1.25. The van der Waals surface area contributed by atoms with Crippen molar-refractivity contribution in [2.24, 2.45) is 0 Å². The Bertz CT molecular complexity index is 375. The topological polar surface area (TPSA) is 43.4 Å². The summed E-state index contributed by atoms with van der Waals surface area (Å²) in [5.41, 5.74) is 0. The van der Waals surface area contributed by atoms with E-state index in [1.165, 1.54) is 7.11 Å². The average molecular weight is 267 g/mol. The number of alkyl halides is 1. The number of hydrogen-bond donors (Lipinski definition) is 0. The number of ether oxygens (including phenoxy) is 1. The van der Waals surface area contributed by atoms with Crippen molar-refractivity contribution in [3.05, 3.63) is 21.3 Å². The molecule has 1 aromatic heterocycles. The predicted molar refractivity (Wildman–Crippen MR) is 59.9 cm³/mol. The van der Waals surface area contributed by atoms with Gasteiger partial charge in [0.05, 0.1) is 22.7 Å². The number of thiophene rings is 1. The van der Waals surface area contributed by atoms with Gasteiger partial charge in [0.2, 0.25) is 0 Å². The first kappa shape index (κ1) is 12.5. The number of ketones is 1. The molecule has 6 heteroatoms. The Hall–Kier alpha value is -0.580. The van der Waals surface area contributed by atoms with Crippen LogP contribution < -0.4 is 0 Å². The quantitative estimate of drug-likeness (QED) is 0.478. The number of carbonyl (C=O) groups is 2. The maximum Gasteiger partial charge on any atom is 0.307 e. The molecule has 0 aliphatic carbocycles. The fraction of sp³-hybridized carbons (Fsp3) is 0.333. The summed E-state index contributed by atoms with van der Waals surface area (Å²) in [6, 6.07) is 3.20. The number of Topliss-reactive ketones (excluding diaryl/α,β-unsaturated/α-hetero) is 1. The third-order valence-corrected chi connectivity index (χ3v) is 3.27. The second kappa shape index (κ2) is 5.49. The summed E-state index contributed by atoms with van der Waals surface area (Å²) in [5, 5.41) is -0.896. The van der Waals surface area contributed by atoms with Crippen LogP contribution in [0.4, 0.5) is 0 Å². The molecule has 0 aliphatic heterocycles. The van der Waals surface area contributed by atoms with Gasteiger partial charge >= 0.3 is 5.97 Å². The number of halogens is 2. The molecule has 0 fully saturated rings. The van der Waals surface area contributed by atoms with E-state index in [0.29, 0.717) is 9.21 Å². The van der Waals surface area contributed by atoms with Crippen molar-refractivity contribution in [1.82, 2.24) is 0 Å². The van der Waals surface area contributed by atoms with Crippen LogP contribution >= 0.6 is 34.5 Å². The van der Waals surface area contributed by atoms with E-state index in [1.54, 1.807) is 12.1 Å². The lowest BCUT2D eigenvalue weighted by Crippen LogP contribution is -2.18. The summed E-state index contributed by atoms with van der Waals surface area (Å²) in [6.45, 7) is 0. The van der Waals surface area contributed by atoms with E-state index in [-0.39, 0.29) is 12.2 Å². The highest BCUT2D eigenvalue weighted by Gasteiger charge is 2.22. The van der Waals surface area contributed by atoms with Gasteiger partial charge in [-0.15, -0.1) is 22.9 Å². The van der Waals surface area contributed by atoms with Gasteiger partial charge in [0.15, 0.2) is 5.78 Å². The maximum atomic E-state index is 11.6. The zero-order valence-electron chi connectivity index (χ0n) is 7.83. The molecule has 1 atom stereocenters. The van der Waals surface area contributed by atoms with Crippen LogP contribution in [0.5, 0.6) is 0 Å². The average Bonchev–Trinajstić information content (AvgIpc) is 2.63. The van der Waals surface area contributed by atoms with E-state index in [9.17, 15) is 9.59 Å². The van der Waals surface area contributed by atoms with Crippen molar-refractivity contribution in [3.63, 3.8) is 0 Å². The molecule has 1 heterocycles. The normalized spacial score (nSPS) is 12.2. The first-order valence-corrected chi connectivity index (χ1v) is 5.68.